The van der Waals surface area contributed by atoms with Gasteiger partial charge in [-0.2, -0.15) is 0 Å². The number of methoxy groups -OCH3 is 1. The summed E-state index contributed by atoms with van der Waals surface area (Å²) in [5.41, 5.74) is 1.72. The van der Waals surface area contributed by atoms with E-state index in [2.05, 4.69) is 0 Å². The summed E-state index contributed by atoms with van der Waals surface area (Å²) in [6.07, 6.45) is -1.40. The normalized spacial score (nSPS) is 19.4. The molecule has 1 N–H and O–H groups in total. The highest BCUT2D eigenvalue weighted by Crippen LogP contribution is 2.39. The molecule has 0 radical (unpaired) electrons. The molecular weight excluding hydrogens is 366 g/mol. The van der Waals surface area contributed by atoms with Gasteiger partial charge in [-0.25, -0.2) is 0 Å². The van der Waals surface area contributed by atoms with Gasteiger partial charge in [0.05, 0.1) is 19.8 Å². The van der Waals surface area contributed by atoms with E-state index in [1.807, 2.05) is 84.9 Å². The van der Waals surface area contributed by atoms with Crippen LogP contribution in [0.5, 0.6) is 11.5 Å². The fraction of sp³-hybridized carbons (Fsp3) is 0.208. The standard InChI is InChI=1S/C24H23NO4/c1-28-19-14-12-18(13-15-19)22-23(29-20-10-6-3-7-11-20)24(27)25(22)16-21(26)17-8-4-2-5-9-17/h2-15,21-23,26H,16H2,1H3/t21?,22-,23+/m1/s1. The molecule has 0 aromatic heterocycles. The van der Waals surface area contributed by atoms with Crippen molar-refractivity contribution < 1.29 is 19.4 Å². The summed E-state index contributed by atoms with van der Waals surface area (Å²) >= 11 is 0. The Morgan fingerprint density at radius 2 is 1.52 bits per heavy atom. The number of aliphatic hydroxyl groups excluding tert-OH is 1. The van der Waals surface area contributed by atoms with Crippen LogP contribution in [0.4, 0.5) is 0 Å². The summed E-state index contributed by atoms with van der Waals surface area (Å²) in [5.74, 6) is 1.26. The second kappa shape index (κ2) is 8.37. The molecule has 3 aromatic carbocycles. The number of aliphatic hydroxyl groups is 1. The van der Waals surface area contributed by atoms with Crippen molar-refractivity contribution in [1.29, 1.82) is 0 Å². The number of nitrogens with zero attached hydrogens (tertiary/aromatic N) is 1. The van der Waals surface area contributed by atoms with E-state index >= 15 is 0 Å². The van der Waals surface area contributed by atoms with E-state index in [9.17, 15) is 9.90 Å². The van der Waals surface area contributed by atoms with Crippen molar-refractivity contribution in [3.05, 3.63) is 96.1 Å². The predicted octanol–water partition coefficient (Wildman–Crippen LogP) is 3.76. The third-order valence-corrected chi connectivity index (χ3v) is 5.17. The zero-order chi connectivity index (χ0) is 20.2. The Balaban J connectivity index is 1.58. The van der Waals surface area contributed by atoms with E-state index in [0.717, 1.165) is 16.9 Å². The number of hydrogen-bond donors (Lipinski definition) is 1. The van der Waals surface area contributed by atoms with Crippen molar-refractivity contribution >= 4 is 5.91 Å². The van der Waals surface area contributed by atoms with E-state index < -0.39 is 12.2 Å². The number of hydrogen-bond acceptors (Lipinski definition) is 4. The summed E-state index contributed by atoms with van der Waals surface area (Å²) in [5, 5.41) is 10.6. The summed E-state index contributed by atoms with van der Waals surface area (Å²) < 4.78 is 11.2. The molecule has 1 aliphatic rings. The van der Waals surface area contributed by atoms with Crippen molar-refractivity contribution in [2.75, 3.05) is 13.7 Å². The molecule has 0 saturated carbocycles. The first-order chi connectivity index (χ1) is 14.2. The van der Waals surface area contributed by atoms with Gasteiger partial charge in [0.2, 0.25) is 6.10 Å². The SMILES string of the molecule is COc1ccc([C@@H]2[C@H](Oc3ccccc3)C(=O)N2CC(O)c2ccccc2)cc1. The minimum Gasteiger partial charge on any atom is -0.497 e. The van der Waals surface area contributed by atoms with E-state index in [1.165, 1.54) is 0 Å². The minimum atomic E-state index is -0.765. The maximum atomic E-state index is 12.9. The number of amides is 1. The van der Waals surface area contributed by atoms with Gasteiger partial charge in [-0.15, -0.1) is 0 Å². The van der Waals surface area contributed by atoms with Crippen LogP contribution in [-0.4, -0.2) is 35.7 Å². The lowest BCUT2D eigenvalue weighted by Crippen LogP contribution is -2.62. The molecule has 0 bridgehead atoms. The number of para-hydroxylation sites is 1. The van der Waals surface area contributed by atoms with Crippen LogP contribution in [0.2, 0.25) is 0 Å². The Morgan fingerprint density at radius 3 is 2.14 bits per heavy atom. The lowest BCUT2D eigenvalue weighted by Gasteiger charge is -2.47. The number of benzene rings is 3. The fourth-order valence-corrected chi connectivity index (χ4v) is 3.60. The molecule has 3 aromatic rings. The monoisotopic (exact) mass is 389 g/mol. The van der Waals surface area contributed by atoms with Gasteiger partial charge in [0, 0.05) is 0 Å². The smallest absolute Gasteiger partial charge is 0.266 e. The summed E-state index contributed by atoms with van der Waals surface area (Å²) in [6, 6.07) is 26.0. The van der Waals surface area contributed by atoms with Gasteiger partial charge >= 0.3 is 0 Å². The third-order valence-electron chi connectivity index (χ3n) is 5.17. The van der Waals surface area contributed by atoms with Crippen molar-refractivity contribution in [3.63, 3.8) is 0 Å². The van der Waals surface area contributed by atoms with Crippen LogP contribution < -0.4 is 9.47 Å². The molecule has 0 aliphatic carbocycles. The molecule has 1 saturated heterocycles. The molecule has 5 nitrogen and oxygen atoms in total. The summed E-state index contributed by atoms with van der Waals surface area (Å²) in [4.78, 5) is 14.6. The predicted molar refractivity (Wildman–Crippen MR) is 110 cm³/mol. The Labute approximate surface area is 170 Å². The van der Waals surface area contributed by atoms with Crippen molar-refractivity contribution in [3.8, 4) is 11.5 Å². The number of carbonyl (C=O) groups excluding carboxylic acids is 1. The maximum absolute atomic E-state index is 12.9. The van der Waals surface area contributed by atoms with E-state index in [-0.39, 0.29) is 18.5 Å². The highest BCUT2D eigenvalue weighted by Gasteiger charge is 2.50. The van der Waals surface area contributed by atoms with Gasteiger partial charge in [0.15, 0.2) is 0 Å². The Hall–Kier alpha value is -3.31. The topological polar surface area (TPSA) is 59.0 Å². The van der Waals surface area contributed by atoms with Crippen molar-refractivity contribution in [2.45, 2.75) is 18.2 Å². The van der Waals surface area contributed by atoms with E-state index in [1.54, 1.807) is 12.0 Å². The average Bonchev–Trinajstić information content (AvgIpc) is 2.79. The molecule has 148 valence electrons. The van der Waals surface area contributed by atoms with E-state index in [4.69, 9.17) is 9.47 Å². The van der Waals surface area contributed by atoms with Crippen LogP contribution in [-0.2, 0) is 4.79 Å². The Bertz CT molecular complexity index is 944. The van der Waals surface area contributed by atoms with Gasteiger partial charge in [-0.05, 0) is 35.4 Å². The first kappa shape index (κ1) is 19.0. The molecule has 0 spiro atoms. The number of likely N-dealkylation sites (tertiary alicyclic amines) is 1. The second-order valence-corrected chi connectivity index (χ2v) is 6.99. The molecular formula is C24H23NO4. The van der Waals surface area contributed by atoms with Crippen LogP contribution in [0.1, 0.15) is 23.3 Å². The largest absolute Gasteiger partial charge is 0.497 e. The molecule has 1 amide bonds. The molecule has 1 unspecified atom stereocenters. The Morgan fingerprint density at radius 1 is 0.897 bits per heavy atom. The highest BCUT2D eigenvalue weighted by atomic mass is 16.5. The third kappa shape index (κ3) is 3.96. The van der Waals surface area contributed by atoms with Crippen LogP contribution in [0, 0.1) is 0 Å². The van der Waals surface area contributed by atoms with Gasteiger partial charge in [-0.1, -0.05) is 60.7 Å². The molecule has 3 atom stereocenters. The average molecular weight is 389 g/mol. The zero-order valence-electron chi connectivity index (χ0n) is 16.1. The number of rotatable bonds is 7. The van der Waals surface area contributed by atoms with Crippen LogP contribution in [0.3, 0.4) is 0 Å². The molecule has 1 fully saturated rings. The van der Waals surface area contributed by atoms with E-state index in [0.29, 0.717) is 5.75 Å². The number of ether oxygens (including phenoxy) is 2. The Kier molecular flexibility index (Phi) is 5.49. The first-order valence-electron chi connectivity index (χ1n) is 9.56. The number of β-lactam (4-membered cyclic amide) rings is 1. The quantitative estimate of drug-likeness (QED) is 0.625. The molecule has 5 heteroatoms. The zero-order valence-corrected chi connectivity index (χ0v) is 16.1. The first-order valence-corrected chi connectivity index (χ1v) is 9.56. The molecule has 1 aliphatic heterocycles. The molecule has 4 rings (SSSR count). The van der Waals surface area contributed by atoms with Crippen molar-refractivity contribution in [1.82, 2.24) is 4.90 Å². The van der Waals surface area contributed by atoms with Crippen LogP contribution in [0.15, 0.2) is 84.9 Å². The lowest BCUT2D eigenvalue weighted by molar-refractivity contribution is -0.167. The summed E-state index contributed by atoms with van der Waals surface area (Å²) in [7, 11) is 1.62. The highest BCUT2D eigenvalue weighted by molar-refractivity contribution is 5.89. The van der Waals surface area contributed by atoms with Gasteiger partial charge < -0.3 is 19.5 Å². The fourth-order valence-electron chi connectivity index (χ4n) is 3.60. The summed E-state index contributed by atoms with van der Waals surface area (Å²) in [6.45, 7) is 0.203. The van der Waals surface area contributed by atoms with Crippen LogP contribution in [0.25, 0.3) is 0 Å². The number of β-amino-alcohol motifs (C(OH)–C–C–N with tert-alkyl or cyclic N) is 1. The van der Waals surface area contributed by atoms with Gasteiger partial charge in [-0.3, -0.25) is 4.79 Å². The van der Waals surface area contributed by atoms with Crippen LogP contribution >= 0.6 is 0 Å². The lowest BCUT2D eigenvalue weighted by atomic mass is 9.89. The van der Waals surface area contributed by atoms with Crippen molar-refractivity contribution in [2.24, 2.45) is 0 Å². The molecule has 29 heavy (non-hydrogen) atoms. The molecule has 1 heterocycles. The number of carbonyl (C=O) groups is 1. The van der Waals surface area contributed by atoms with Gasteiger partial charge in [0.25, 0.3) is 5.91 Å². The second-order valence-electron chi connectivity index (χ2n) is 6.99. The minimum absolute atomic E-state index is 0.135. The maximum Gasteiger partial charge on any atom is 0.266 e. The van der Waals surface area contributed by atoms with Gasteiger partial charge in [0.1, 0.15) is 17.5 Å².